The molecule has 0 radical (unpaired) electrons. The first-order valence-corrected chi connectivity index (χ1v) is 45.1. The summed E-state index contributed by atoms with van der Waals surface area (Å²) in [6.45, 7) is 8.66. The summed E-state index contributed by atoms with van der Waals surface area (Å²) in [6, 6.07) is 155. The van der Waals surface area contributed by atoms with E-state index in [1.54, 1.807) is 0 Å². The fourth-order valence-electron chi connectivity index (χ4n) is 20.6. The molecular formula is C124H84N4O4. The predicted octanol–water partition coefficient (Wildman–Crippen LogP) is 34.6. The normalized spacial score (nSPS) is 11.8. The van der Waals surface area contributed by atoms with Crippen molar-refractivity contribution in [2.45, 2.75) is 27.7 Å². The standard InChI is InChI=1S/4C31H21NO/c1-20-9-7-15-28-30(20)26-19-21(17-18-27(26)32(28)22-10-3-2-4-11-22)23-13-8-14-25-24-12-5-6-16-29(24)33-31(23)25;1-20-14-16-24-27-19-21(15-17-28(27)32(29(24)18-20)22-8-3-2-4-9-22)23-11-7-12-26-25-10-5-6-13-30(25)33-31(23)26;1-20-14-16-28-26(18-20)27-19-21(15-17-29(27)32(28)22-8-3-2-4-9-22)23-11-7-12-25-24-10-5-6-13-30(24)33-31(23)25;1-20-11-14-24-26-18-21(12-15-28(26)32(29(24)17-20)23-7-3-2-4-8-23)22-13-16-31-27(19-22)25-9-5-6-10-30(25)33-31/h4*2-19H,1H3. The lowest BCUT2D eigenvalue weighted by Gasteiger charge is -2.08. The highest BCUT2D eigenvalue weighted by atomic mass is 16.3. The Balaban J connectivity index is 0.0000000945. The lowest BCUT2D eigenvalue weighted by Crippen LogP contribution is -1.93. The van der Waals surface area contributed by atoms with Gasteiger partial charge in [-0.3, -0.25) is 0 Å². The van der Waals surface area contributed by atoms with E-state index in [1.807, 2.05) is 48.5 Å². The molecule has 0 saturated carbocycles. The van der Waals surface area contributed by atoms with E-state index in [1.165, 1.54) is 160 Å². The summed E-state index contributed by atoms with van der Waals surface area (Å²) in [5.74, 6) is 0. The molecule has 0 spiro atoms. The van der Waals surface area contributed by atoms with Crippen LogP contribution < -0.4 is 0 Å². The lowest BCUT2D eigenvalue weighted by atomic mass is 9.99. The molecule has 0 saturated heterocycles. The molecule has 0 atom stereocenters. The van der Waals surface area contributed by atoms with Gasteiger partial charge < -0.3 is 35.9 Å². The van der Waals surface area contributed by atoms with Crippen LogP contribution in [0.2, 0.25) is 0 Å². The van der Waals surface area contributed by atoms with Gasteiger partial charge in [-0.15, -0.1) is 0 Å². The molecule has 132 heavy (non-hydrogen) atoms. The minimum atomic E-state index is 0.928. The van der Waals surface area contributed by atoms with Gasteiger partial charge in [-0.2, -0.15) is 0 Å². The monoisotopic (exact) mass is 1690 g/mol. The topological polar surface area (TPSA) is 72.3 Å². The molecule has 624 valence electrons. The van der Waals surface area contributed by atoms with Crippen LogP contribution in [0.25, 0.3) is 242 Å². The second-order valence-corrected chi connectivity index (χ2v) is 34.8. The molecule has 8 aromatic heterocycles. The van der Waals surface area contributed by atoms with Gasteiger partial charge in [-0.1, -0.05) is 279 Å². The van der Waals surface area contributed by atoms with Crippen molar-refractivity contribution in [3.8, 4) is 67.3 Å². The van der Waals surface area contributed by atoms with E-state index in [-0.39, 0.29) is 0 Å². The highest BCUT2D eigenvalue weighted by Crippen LogP contribution is 2.47. The summed E-state index contributed by atoms with van der Waals surface area (Å²) in [5.41, 5.74) is 36.3. The van der Waals surface area contributed by atoms with Crippen molar-refractivity contribution in [3.63, 3.8) is 0 Å². The molecule has 28 aromatic rings. The zero-order valence-corrected chi connectivity index (χ0v) is 73.0. The predicted molar refractivity (Wildman–Crippen MR) is 553 cm³/mol. The number of hydrogen-bond acceptors (Lipinski definition) is 4. The van der Waals surface area contributed by atoms with E-state index in [0.717, 1.165) is 104 Å². The molecule has 0 aliphatic heterocycles. The summed E-state index contributed by atoms with van der Waals surface area (Å²) in [7, 11) is 0. The van der Waals surface area contributed by atoms with Gasteiger partial charge in [-0.05, 0) is 236 Å². The molecule has 0 fully saturated rings. The number of aromatic nitrogens is 4. The number of para-hydroxylation sites is 11. The van der Waals surface area contributed by atoms with E-state index in [4.69, 9.17) is 17.7 Å². The minimum absolute atomic E-state index is 0.928. The molecule has 0 unspecified atom stereocenters. The number of fused-ring (bicyclic) bond motifs is 24. The number of benzene rings is 20. The van der Waals surface area contributed by atoms with Gasteiger partial charge in [0.1, 0.15) is 44.7 Å². The smallest absolute Gasteiger partial charge is 0.143 e. The summed E-state index contributed by atoms with van der Waals surface area (Å²) in [5, 5.41) is 19.4. The molecule has 20 aromatic carbocycles. The maximum Gasteiger partial charge on any atom is 0.143 e. The number of nitrogens with zero attached hydrogens (tertiary/aromatic N) is 4. The molecule has 0 aliphatic rings. The van der Waals surface area contributed by atoms with Crippen molar-refractivity contribution in [1.29, 1.82) is 0 Å². The van der Waals surface area contributed by atoms with Gasteiger partial charge in [0.05, 0.1) is 44.1 Å². The quantitative estimate of drug-likeness (QED) is 0.152. The summed E-state index contributed by atoms with van der Waals surface area (Å²) in [6.07, 6.45) is 0. The third-order valence-corrected chi connectivity index (χ3v) is 26.7. The minimum Gasteiger partial charge on any atom is -0.456 e. The Labute approximate surface area is 759 Å². The van der Waals surface area contributed by atoms with E-state index in [9.17, 15) is 0 Å². The van der Waals surface area contributed by atoms with Crippen LogP contribution >= 0.6 is 0 Å². The van der Waals surface area contributed by atoms with E-state index >= 15 is 0 Å². The third-order valence-electron chi connectivity index (χ3n) is 26.7. The number of rotatable bonds is 8. The van der Waals surface area contributed by atoms with E-state index in [0.29, 0.717) is 0 Å². The van der Waals surface area contributed by atoms with Gasteiger partial charge in [0.15, 0.2) is 0 Å². The lowest BCUT2D eigenvalue weighted by molar-refractivity contribution is 0.669. The molecular weight excluding hydrogens is 1610 g/mol. The first-order chi connectivity index (χ1) is 65.1. The maximum absolute atomic E-state index is 6.33. The highest BCUT2D eigenvalue weighted by molar-refractivity contribution is 6.19. The second kappa shape index (κ2) is 31.4. The van der Waals surface area contributed by atoms with Crippen LogP contribution in [0.3, 0.4) is 0 Å². The fourth-order valence-corrected chi connectivity index (χ4v) is 20.6. The first kappa shape index (κ1) is 77.2. The van der Waals surface area contributed by atoms with E-state index < -0.39 is 0 Å². The van der Waals surface area contributed by atoms with Gasteiger partial charge >= 0.3 is 0 Å². The Bertz CT molecular complexity index is 9400. The summed E-state index contributed by atoms with van der Waals surface area (Å²) >= 11 is 0. The molecule has 8 heteroatoms. The Hall–Kier alpha value is -17.2. The van der Waals surface area contributed by atoms with Gasteiger partial charge in [-0.25, -0.2) is 0 Å². The van der Waals surface area contributed by atoms with Crippen LogP contribution in [0.5, 0.6) is 0 Å². The maximum atomic E-state index is 6.33. The van der Waals surface area contributed by atoms with Crippen molar-refractivity contribution >= 4 is 175 Å². The van der Waals surface area contributed by atoms with Crippen LogP contribution in [0, 0.1) is 27.7 Å². The first-order valence-electron chi connectivity index (χ1n) is 45.1. The molecule has 0 bridgehead atoms. The van der Waals surface area contributed by atoms with Gasteiger partial charge in [0, 0.05) is 126 Å². The number of aryl methyl sites for hydroxylation is 4. The highest BCUT2D eigenvalue weighted by Gasteiger charge is 2.24. The van der Waals surface area contributed by atoms with Crippen LogP contribution in [0.1, 0.15) is 22.3 Å². The van der Waals surface area contributed by atoms with Crippen molar-refractivity contribution in [2.75, 3.05) is 0 Å². The molecule has 0 N–H and O–H groups in total. The second-order valence-electron chi connectivity index (χ2n) is 34.8. The van der Waals surface area contributed by atoms with Crippen molar-refractivity contribution < 1.29 is 17.7 Å². The third kappa shape index (κ3) is 12.9. The largest absolute Gasteiger partial charge is 0.456 e. The van der Waals surface area contributed by atoms with Crippen molar-refractivity contribution in [1.82, 2.24) is 18.3 Å². The Kier molecular flexibility index (Phi) is 18.3. The summed E-state index contributed by atoms with van der Waals surface area (Å²) < 4.78 is 34.5. The van der Waals surface area contributed by atoms with Crippen LogP contribution in [-0.4, -0.2) is 18.3 Å². The van der Waals surface area contributed by atoms with Crippen LogP contribution in [0.15, 0.2) is 454 Å². The van der Waals surface area contributed by atoms with Gasteiger partial charge in [0.25, 0.3) is 0 Å². The Morgan fingerprint density at radius 3 is 0.886 bits per heavy atom. The zero-order valence-electron chi connectivity index (χ0n) is 73.0. The SMILES string of the molecule is Cc1ccc2c(c1)c1cc(-c3cccc4c3oc3ccccc34)ccc1n2-c1ccccc1.Cc1ccc2c3cc(-c4ccc5oc6ccccc6c5c4)ccc3n(-c3ccccc3)c2c1.Cc1ccc2c3cc(-c4cccc5c4oc4ccccc45)ccc3n(-c3ccccc3)c2c1.Cc1cccc2c1c1cc(-c3cccc4c3oc3ccccc34)ccc1n2-c1ccccc1. The Morgan fingerprint density at radius 1 is 0.159 bits per heavy atom. The van der Waals surface area contributed by atoms with Crippen molar-refractivity contribution in [2.24, 2.45) is 0 Å². The molecule has 8 heterocycles. The molecule has 0 amide bonds. The average molecular weight is 1690 g/mol. The van der Waals surface area contributed by atoms with Crippen LogP contribution in [-0.2, 0) is 0 Å². The van der Waals surface area contributed by atoms with Crippen LogP contribution in [0.4, 0.5) is 0 Å². The zero-order chi connectivity index (χ0) is 87.8. The Morgan fingerprint density at radius 2 is 0.447 bits per heavy atom. The van der Waals surface area contributed by atoms with E-state index in [2.05, 4.69) is 434 Å². The average Bonchev–Trinajstić information content (AvgIpc) is 1.62. The number of hydrogen-bond donors (Lipinski definition) is 0. The number of furan rings is 4. The molecule has 8 nitrogen and oxygen atoms in total. The molecule has 28 rings (SSSR count). The van der Waals surface area contributed by atoms with Crippen molar-refractivity contribution in [3.05, 3.63) is 459 Å². The van der Waals surface area contributed by atoms with Gasteiger partial charge in [0.2, 0.25) is 0 Å². The summed E-state index contributed by atoms with van der Waals surface area (Å²) in [4.78, 5) is 0. The fraction of sp³-hybridized carbons (Fsp3) is 0.0323. The molecule has 0 aliphatic carbocycles.